The molecule has 0 radical (unpaired) electrons. The van der Waals surface area contributed by atoms with Gasteiger partial charge in [-0.15, -0.1) is 0 Å². The van der Waals surface area contributed by atoms with E-state index in [0.717, 1.165) is 18.4 Å². The van der Waals surface area contributed by atoms with Gasteiger partial charge in [-0.1, -0.05) is 42.5 Å². The Morgan fingerprint density at radius 3 is 2.20 bits per heavy atom. The topological polar surface area (TPSA) is 87.7 Å². The Kier molecular flexibility index (Phi) is 7.77. The minimum atomic E-state index is -0.701. The number of para-hydroxylation sites is 1. The number of amides is 3. The Morgan fingerprint density at radius 1 is 0.857 bits per heavy atom. The average Bonchev–Trinajstić information content (AvgIpc) is 3.44. The first-order valence-electron chi connectivity index (χ1n) is 11.7. The number of hydrogen-bond donors (Lipinski definition) is 2. The van der Waals surface area contributed by atoms with Gasteiger partial charge in [-0.05, 0) is 54.8 Å². The summed E-state index contributed by atoms with van der Waals surface area (Å²) in [5.74, 6) is -0.195. The maximum atomic E-state index is 13.3. The highest BCUT2D eigenvalue weighted by atomic mass is 16.5. The number of anilines is 1. The lowest BCUT2D eigenvalue weighted by Crippen LogP contribution is -2.49. The van der Waals surface area contributed by atoms with Crippen molar-refractivity contribution in [3.8, 4) is 5.75 Å². The van der Waals surface area contributed by atoms with Crippen LogP contribution in [0.25, 0.3) is 0 Å². The number of benzene rings is 3. The van der Waals surface area contributed by atoms with E-state index in [1.165, 1.54) is 0 Å². The summed E-state index contributed by atoms with van der Waals surface area (Å²) in [6.45, 7) is 1.41. The molecule has 3 aromatic carbocycles. The van der Waals surface area contributed by atoms with Gasteiger partial charge in [-0.3, -0.25) is 14.4 Å². The van der Waals surface area contributed by atoms with E-state index in [0.29, 0.717) is 42.1 Å². The second kappa shape index (κ2) is 11.3. The summed E-state index contributed by atoms with van der Waals surface area (Å²) in [5.41, 5.74) is 2.07. The molecule has 0 saturated carbocycles. The van der Waals surface area contributed by atoms with Crippen molar-refractivity contribution in [3.63, 3.8) is 0 Å². The molecule has 3 amide bonds. The van der Waals surface area contributed by atoms with E-state index < -0.39 is 11.9 Å². The van der Waals surface area contributed by atoms with E-state index in [9.17, 15) is 14.4 Å². The highest BCUT2D eigenvalue weighted by molar-refractivity contribution is 6.09. The average molecular weight is 472 g/mol. The number of carbonyl (C=O) groups excluding carboxylic acids is 3. The minimum Gasteiger partial charge on any atom is -0.497 e. The highest BCUT2D eigenvalue weighted by Gasteiger charge is 2.29. The second-order valence-electron chi connectivity index (χ2n) is 8.48. The summed E-state index contributed by atoms with van der Waals surface area (Å²) in [5, 5.41) is 5.75. The van der Waals surface area contributed by atoms with Crippen LogP contribution in [0.2, 0.25) is 0 Å². The number of hydrogen-bond acceptors (Lipinski definition) is 4. The van der Waals surface area contributed by atoms with Crippen LogP contribution in [0, 0.1) is 0 Å². The molecule has 0 unspecified atom stereocenters. The number of rotatable bonds is 8. The zero-order valence-corrected chi connectivity index (χ0v) is 19.7. The molecule has 2 N–H and O–H groups in total. The minimum absolute atomic E-state index is 0.0838. The Hall–Kier alpha value is -4.13. The van der Waals surface area contributed by atoms with Gasteiger partial charge in [0, 0.05) is 25.1 Å². The highest BCUT2D eigenvalue weighted by Crippen LogP contribution is 2.19. The van der Waals surface area contributed by atoms with Crippen LogP contribution >= 0.6 is 0 Å². The Bertz CT molecular complexity index is 1170. The third kappa shape index (κ3) is 6.06. The lowest BCUT2D eigenvalue weighted by atomic mass is 10.0. The molecule has 1 heterocycles. The van der Waals surface area contributed by atoms with Crippen LogP contribution in [0.1, 0.15) is 39.1 Å². The summed E-state index contributed by atoms with van der Waals surface area (Å²) in [7, 11) is 1.56. The SMILES string of the molecule is COc1ccc(C(=O)Nc2ccccc2C(=O)N[C@@H](Cc2ccccc2)C(=O)N2CCCC2)cc1. The van der Waals surface area contributed by atoms with Crippen molar-refractivity contribution in [2.24, 2.45) is 0 Å². The van der Waals surface area contributed by atoms with Gasteiger partial charge in [0.2, 0.25) is 5.91 Å². The smallest absolute Gasteiger partial charge is 0.255 e. The number of carbonyl (C=O) groups is 3. The first-order chi connectivity index (χ1) is 17.0. The molecule has 1 atom stereocenters. The standard InChI is InChI=1S/C28H29N3O4/c1-35-22-15-13-21(14-16-22)26(32)29-24-12-6-5-11-23(24)27(33)30-25(19-20-9-3-2-4-10-20)28(34)31-17-7-8-18-31/h2-6,9-16,25H,7-8,17-19H2,1H3,(H,29,32)(H,30,33)/t25-/m0/s1. The van der Waals surface area contributed by atoms with Gasteiger partial charge in [-0.25, -0.2) is 0 Å². The fourth-order valence-corrected chi connectivity index (χ4v) is 4.17. The first kappa shape index (κ1) is 24.0. The molecule has 3 aromatic rings. The fraction of sp³-hybridized carbons (Fsp3) is 0.250. The van der Waals surface area contributed by atoms with Crippen LogP contribution in [0.3, 0.4) is 0 Å². The van der Waals surface area contributed by atoms with Crippen LogP contribution in [0.4, 0.5) is 5.69 Å². The van der Waals surface area contributed by atoms with Crippen molar-refractivity contribution >= 4 is 23.4 Å². The number of methoxy groups -OCH3 is 1. The van der Waals surface area contributed by atoms with E-state index in [4.69, 9.17) is 4.74 Å². The molecule has 180 valence electrons. The molecule has 1 aliphatic rings. The first-order valence-corrected chi connectivity index (χ1v) is 11.7. The van der Waals surface area contributed by atoms with Gasteiger partial charge >= 0.3 is 0 Å². The van der Waals surface area contributed by atoms with Gasteiger partial charge in [0.1, 0.15) is 11.8 Å². The summed E-state index contributed by atoms with van der Waals surface area (Å²) < 4.78 is 5.14. The normalized spacial score (nSPS) is 13.7. The number of nitrogens with one attached hydrogen (secondary N) is 2. The molecule has 0 aromatic heterocycles. The van der Waals surface area contributed by atoms with Crippen LogP contribution in [-0.4, -0.2) is 48.9 Å². The third-order valence-electron chi connectivity index (χ3n) is 6.08. The van der Waals surface area contributed by atoms with Crippen LogP contribution in [0.15, 0.2) is 78.9 Å². The predicted octanol–water partition coefficient (Wildman–Crippen LogP) is 3.91. The number of nitrogens with zero attached hydrogens (tertiary/aromatic N) is 1. The van der Waals surface area contributed by atoms with Crippen LogP contribution < -0.4 is 15.4 Å². The molecule has 0 aliphatic carbocycles. The molecule has 4 rings (SSSR count). The molecule has 1 fully saturated rings. The zero-order chi connectivity index (χ0) is 24.6. The van der Waals surface area contributed by atoms with E-state index in [-0.39, 0.29) is 11.8 Å². The maximum absolute atomic E-state index is 13.3. The van der Waals surface area contributed by atoms with Gasteiger partial charge in [0.25, 0.3) is 11.8 Å². The molecule has 35 heavy (non-hydrogen) atoms. The van der Waals surface area contributed by atoms with Crippen molar-refractivity contribution in [2.45, 2.75) is 25.3 Å². The lowest BCUT2D eigenvalue weighted by Gasteiger charge is -2.24. The van der Waals surface area contributed by atoms with Crippen molar-refractivity contribution in [1.29, 1.82) is 0 Å². The Morgan fingerprint density at radius 2 is 1.51 bits per heavy atom. The van der Waals surface area contributed by atoms with Crippen molar-refractivity contribution in [3.05, 3.63) is 95.6 Å². The molecule has 1 aliphatic heterocycles. The molecule has 1 saturated heterocycles. The monoisotopic (exact) mass is 471 g/mol. The summed E-state index contributed by atoms with van der Waals surface area (Å²) in [6.07, 6.45) is 2.33. The summed E-state index contributed by atoms with van der Waals surface area (Å²) >= 11 is 0. The number of ether oxygens (including phenoxy) is 1. The molecular formula is C28H29N3O4. The van der Waals surface area contributed by atoms with Crippen molar-refractivity contribution in [2.75, 3.05) is 25.5 Å². The molecule has 0 bridgehead atoms. The molecule has 0 spiro atoms. The van der Waals surface area contributed by atoms with Gasteiger partial charge in [0.05, 0.1) is 18.4 Å². The Balaban J connectivity index is 1.52. The van der Waals surface area contributed by atoms with Gasteiger partial charge in [0.15, 0.2) is 0 Å². The molecule has 7 nitrogen and oxygen atoms in total. The zero-order valence-electron chi connectivity index (χ0n) is 19.7. The lowest BCUT2D eigenvalue weighted by molar-refractivity contribution is -0.132. The quantitative estimate of drug-likeness (QED) is 0.522. The molecule has 7 heteroatoms. The second-order valence-corrected chi connectivity index (χ2v) is 8.48. The van der Waals surface area contributed by atoms with Crippen molar-refractivity contribution in [1.82, 2.24) is 10.2 Å². The maximum Gasteiger partial charge on any atom is 0.255 e. The fourth-order valence-electron chi connectivity index (χ4n) is 4.17. The van der Waals surface area contributed by atoms with Gasteiger partial charge in [-0.2, -0.15) is 0 Å². The summed E-state index contributed by atoms with van der Waals surface area (Å²) in [6, 6.07) is 22.4. The van der Waals surface area contributed by atoms with E-state index in [1.54, 1.807) is 55.6 Å². The van der Waals surface area contributed by atoms with E-state index >= 15 is 0 Å². The summed E-state index contributed by atoms with van der Waals surface area (Å²) in [4.78, 5) is 41.2. The van der Waals surface area contributed by atoms with Crippen LogP contribution in [0.5, 0.6) is 5.75 Å². The predicted molar refractivity (Wildman–Crippen MR) is 135 cm³/mol. The third-order valence-corrected chi connectivity index (χ3v) is 6.08. The van der Waals surface area contributed by atoms with Crippen LogP contribution in [-0.2, 0) is 11.2 Å². The van der Waals surface area contributed by atoms with E-state index in [1.807, 2.05) is 35.2 Å². The van der Waals surface area contributed by atoms with Crippen molar-refractivity contribution < 1.29 is 19.1 Å². The van der Waals surface area contributed by atoms with Gasteiger partial charge < -0.3 is 20.3 Å². The Labute approximate surface area is 205 Å². The van der Waals surface area contributed by atoms with E-state index in [2.05, 4.69) is 10.6 Å². The number of likely N-dealkylation sites (tertiary alicyclic amines) is 1. The molecular weight excluding hydrogens is 442 g/mol. The largest absolute Gasteiger partial charge is 0.497 e.